The van der Waals surface area contributed by atoms with E-state index in [9.17, 15) is 9.18 Å². The first-order valence-electron chi connectivity index (χ1n) is 8.82. The summed E-state index contributed by atoms with van der Waals surface area (Å²) < 4.78 is 13.5. The fraction of sp³-hybridized carbons (Fsp3) is 0.238. The average molecular weight is 366 g/mol. The van der Waals surface area contributed by atoms with Crippen molar-refractivity contribution in [3.8, 4) is 11.3 Å². The molecule has 0 fully saturated rings. The molecule has 0 saturated carbocycles. The van der Waals surface area contributed by atoms with Gasteiger partial charge in [-0.25, -0.2) is 4.39 Å². The number of carbonyl (C=O) groups excluding carboxylic acids is 1. The van der Waals surface area contributed by atoms with Crippen LogP contribution < -0.4 is 0 Å². The van der Waals surface area contributed by atoms with Crippen molar-refractivity contribution in [2.75, 3.05) is 27.2 Å². The number of aromatic nitrogens is 2. The molecule has 1 aromatic heterocycles. The lowest BCUT2D eigenvalue weighted by Gasteiger charge is -2.24. The number of amides is 1. The van der Waals surface area contributed by atoms with E-state index < -0.39 is 0 Å². The highest BCUT2D eigenvalue weighted by Crippen LogP contribution is 2.18. The maximum Gasteiger partial charge on any atom is 0.272 e. The molecule has 0 aliphatic rings. The minimum atomic E-state index is -0.305. The normalized spacial score (nSPS) is 11.0. The number of benzene rings is 2. The van der Waals surface area contributed by atoms with E-state index in [0.29, 0.717) is 25.3 Å². The SMILES string of the molecule is CN(C)CCN(Cc1cccc(F)c1)C(=O)c1cc(-c2ccccc2)n[nH]1. The standard InChI is InChI=1S/C21H23FN4O/c1-25(2)11-12-26(15-16-7-6-10-18(22)13-16)21(27)20-14-19(23-24-20)17-8-4-3-5-9-17/h3-10,13-14H,11-12,15H2,1-2H3,(H,23,24). The number of aromatic amines is 1. The minimum Gasteiger partial charge on any atom is -0.332 e. The molecule has 3 rings (SSSR count). The monoisotopic (exact) mass is 366 g/mol. The number of likely N-dealkylation sites (N-methyl/N-ethyl adjacent to an activating group) is 1. The van der Waals surface area contributed by atoms with Crippen LogP contribution in [-0.2, 0) is 6.54 Å². The van der Waals surface area contributed by atoms with Crippen LogP contribution >= 0.6 is 0 Å². The van der Waals surface area contributed by atoms with Gasteiger partial charge in [-0.05, 0) is 37.9 Å². The smallest absolute Gasteiger partial charge is 0.272 e. The van der Waals surface area contributed by atoms with Gasteiger partial charge in [0.15, 0.2) is 0 Å². The van der Waals surface area contributed by atoms with Crippen molar-refractivity contribution in [1.82, 2.24) is 20.0 Å². The lowest BCUT2D eigenvalue weighted by Crippen LogP contribution is -2.36. The van der Waals surface area contributed by atoms with Gasteiger partial charge in [-0.3, -0.25) is 9.89 Å². The lowest BCUT2D eigenvalue weighted by atomic mass is 10.1. The molecule has 3 aromatic rings. The highest BCUT2D eigenvalue weighted by molar-refractivity contribution is 5.93. The zero-order valence-electron chi connectivity index (χ0n) is 15.5. The van der Waals surface area contributed by atoms with E-state index in [-0.39, 0.29) is 11.7 Å². The van der Waals surface area contributed by atoms with Crippen LogP contribution in [0.25, 0.3) is 11.3 Å². The van der Waals surface area contributed by atoms with Gasteiger partial charge in [0.25, 0.3) is 5.91 Å². The zero-order valence-corrected chi connectivity index (χ0v) is 15.5. The Hall–Kier alpha value is -2.99. The van der Waals surface area contributed by atoms with Gasteiger partial charge in [-0.2, -0.15) is 5.10 Å². The van der Waals surface area contributed by atoms with Crippen LogP contribution in [0, 0.1) is 5.82 Å². The zero-order chi connectivity index (χ0) is 19.2. The number of nitrogens with one attached hydrogen (secondary N) is 1. The molecular formula is C21H23FN4O. The molecule has 0 radical (unpaired) electrons. The Balaban J connectivity index is 1.80. The van der Waals surface area contributed by atoms with Crippen LogP contribution in [0.2, 0.25) is 0 Å². The van der Waals surface area contributed by atoms with E-state index in [1.165, 1.54) is 12.1 Å². The van der Waals surface area contributed by atoms with E-state index in [1.54, 1.807) is 17.0 Å². The van der Waals surface area contributed by atoms with Gasteiger partial charge in [0, 0.05) is 25.2 Å². The first-order chi connectivity index (χ1) is 13.0. The summed E-state index contributed by atoms with van der Waals surface area (Å²) in [6.45, 7) is 1.58. The van der Waals surface area contributed by atoms with Gasteiger partial charge >= 0.3 is 0 Å². The van der Waals surface area contributed by atoms with Gasteiger partial charge in [-0.1, -0.05) is 42.5 Å². The Labute approximate surface area is 158 Å². The van der Waals surface area contributed by atoms with Gasteiger partial charge in [0.1, 0.15) is 11.5 Å². The van der Waals surface area contributed by atoms with Gasteiger partial charge in [0.05, 0.1) is 5.69 Å². The van der Waals surface area contributed by atoms with Crippen molar-refractivity contribution < 1.29 is 9.18 Å². The number of nitrogens with zero attached hydrogens (tertiary/aromatic N) is 3. The molecule has 0 spiro atoms. The topological polar surface area (TPSA) is 52.2 Å². The van der Waals surface area contributed by atoms with Crippen LogP contribution in [-0.4, -0.2) is 53.1 Å². The highest BCUT2D eigenvalue weighted by Gasteiger charge is 2.19. The number of halogens is 1. The fourth-order valence-corrected chi connectivity index (χ4v) is 2.79. The largest absolute Gasteiger partial charge is 0.332 e. The van der Waals surface area contributed by atoms with Crippen molar-refractivity contribution in [3.63, 3.8) is 0 Å². The summed E-state index contributed by atoms with van der Waals surface area (Å²) >= 11 is 0. The van der Waals surface area contributed by atoms with Gasteiger partial charge in [0.2, 0.25) is 0 Å². The molecule has 6 heteroatoms. The van der Waals surface area contributed by atoms with Crippen LogP contribution in [0.3, 0.4) is 0 Å². The van der Waals surface area contributed by atoms with E-state index >= 15 is 0 Å². The third kappa shape index (κ3) is 5.01. The molecule has 0 aliphatic heterocycles. The first-order valence-corrected chi connectivity index (χ1v) is 8.82. The molecule has 1 N–H and O–H groups in total. The number of H-pyrrole nitrogens is 1. The summed E-state index contributed by atoms with van der Waals surface area (Å²) in [5.74, 6) is -0.462. The number of carbonyl (C=O) groups is 1. The molecule has 5 nitrogen and oxygen atoms in total. The quantitative estimate of drug-likeness (QED) is 0.697. The van der Waals surface area contributed by atoms with Crippen molar-refractivity contribution >= 4 is 5.91 Å². The summed E-state index contributed by atoms with van der Waals surface area (Å²) in [6.07, 6.45) is 0. The van der Waals surface area contributed by atoms with E-state index in [0.717, 1.165) is 16.8 Å². The van der Waals surface area contributed by atoms with Crippen molar-refractivity contribution in [3.05, 3.63) is 77.7 Å². The minimum absolute atomic E-state index is 0.157. The van der Waals surface area contributed by atoms with Crippen LogP contribution in [0.15, 0.2) is 60.7 Å². The molecule has 1 heterocycles. The van der Waals surface area contributed by atoms with Crippen LogP contribution in [0.4, 0.5) is 4.39 Å². The lowest BCUT2D eigenvalue weighted by molar-refractivity contribution is 0.0726. The second-order valence-corrected chi connectivity index (χ2v) is 6.69. The number of rotatable bonds is 7. The molecule has 0 aliphatic carbocycles. The van der Waals surface area contributed by atoms with Gasteiger partial charge in [-0.15, -0.1) is 0 Å². The number of hydrogen-bond donors (Lipinski definition) is 1. The predicted molar refractivity (Wildman–Crippen MR) is 104 cm³/mol. The van der Waals surface area contributed by atoms with Crippen LogP contribution in [0.5, 0.6) is 0 Å². The molecule has 0 unspecified atom stereocenters. The van der Waals surface area contributed by atoms with Crippen LogP contribution in [0.1, 0.15) is 16.1 Å². The Kier molecular flexibility index (Phi) is 5.98. The number of hydrogen-bond acceptors (Lipinski definition) is 3. The molecular weight excluding hydrogens is 343 g/mol. The predicted octanol–water partition coefficient (Wildman–Crippen LogP) is 3.42. The second kappa shape index (κ2) is 8.60. The second-order valence-electron chi connectivity index (χ2n) is 6.69. The van der Waals surface area contributed by atoms with Crippen molar-refractivity contribution in [2.45, 2.75) is 6.54 Å². The first kappa shape index (κ1) is 18.8. The van der Waals surface area contributed by atoms with Crippen molar-refractivity contribution in [1.29, 1.82) is 0 Å². The molecule has 0 saturated heterocycles. The molecule has 140 valence electrons. The molecule has 2 aromatic carbocycles. The molecule has 1 amide bonds. The van der Waals surface area contributed by atoms with E-state index in [4.69, 9.17) is 0 Å². The van der Waals surface area contributed by atoms with Crippen molar-refractivity contribution in [2.24, 2.45) is 0 Å². The summed E-state index contributed by atoms with van der Waals surface area (Å²) in [7, 11) is 3.91. The van der Waals surface area contributed by atoms with E-state index in [2.05, 4.69) is 10.2 Å². The summed E-state index contributed by atoms with van der Waals surface area (Å²) in [5, 5.41) is 7.10. The summed E-state index contributed by atoms with van der Waals surface area (Å²) in [6, 6.07) is 17.8. The fourth-order valence-electron chi connectivity index (χ4n) is 2.79. The Morgan fingerprint density at radius 2 is 1.81 bits per heavy atom. The Morgan fingerprint density at radius 1 is 1.04 bits per heavy atom. The molecule has 0 bridgehead atoms. The van der Waals surface area contributed by atoms with Gasteiger partial charge < -0.3 is 9.80 Å². The third-order valence-corrected chi connectivity index (χ3v) is 4.24. The Bertz CT molecular complexity index is 892. The molecule has 0 atom stereocenters. The van der Waals surface area contributed by atoms with E-state index in [1.807, 2.05) is 55.4 Å². The summed E-state index contributed by atoms with van der Waals surface area (Å²) in [5.41, 5.74) is 2.84. The summed E-state index contributed by atoms with van der Waals surface area (Å²) in [4.78, 5) is 16.7. The third-order valence-electron chi connectivity index (χ3n) is 4.24. The highest BCUT2D eigenvalue weighted by atomic mass is 19.1. The Morgan fingerprint density at radius 3 is 2.52 bits per heavy atom. The average Bonchev–Trinajstić information content (AvgIpc) is 3.15. The maximum absolute atomic E-state index is 13.5. The molecule has 27 heavy (non-hydrogen) atoms. The maximum atomic E-state index is 13.5.